The number of carbonyl (C=O) groups excluding carboxylic acids is 2. The summed E-state index contributed by atoms with van der Waals surface area (Å²) >= 11 is 0. The van der Waals surface area contributed by atoms with Gasteiger partial charge in [-0.25, -0.2) is 4.98 Å². The van der Waals surface area contributed by atoms with Crippen LogP contribution in [0.3, 0.4) is 0 Å². The zero-order valence-corrected chi connectivity index (χ0v) is 12.8. The SMILES string of the molecule is CC(=O)/C=C/c1c[nH]c2ncc(-c3ccc(C(C)=O)nc3)cc12. The lowest BCUT2D eigenvalue weighted by Crippen LogP contribution is -1.95. The average molecular weight is 305 g/mol. The summed E-state index contributed by atoms with van der Waals surface area (Å²) in [7, 11) is 0. The molecule has 0 atom stereocenters. The number of aromatic amines is 1. The van der Waals surface area contributed by atoms with Crippen molar-refractivity contribution in [3.05, 3.63) is 54.1 Å². The van der Waals surface area contributed by atoms with Crippen LogP contribution in [0.2, 0.25) is 0 Å². The maximum atomic E-state index is 11.3. The lowest BCUT2D eigenvalue weighted by molar-refractivity contribution is -0.112. The minimum Gasteiger partial charge on any atom is -0.346 e. The van der Waals surface area contributed by atoms with Crippen LogP contribution in [0.4, 0.5) is 0 Å². The first-order valence-electron chi connectivity index (χ1n) is 7.18. The van der Waals surface area contributed by atoms with E-state index in [0.29, 0.717) is 5.69 Å². The van der Waals surface area contributed by atoms with Crippen molar-refractivity contribution < 1.29 is 9.59 Å². The van der Waals surface area contributed by atoms with Crippen LogP contribution in [0, 0.1) is 0 Å². The number of H-pyrrole nitrogens is 1. The minimum absolute atomic E-state index is 0.00696. The van der Waals surface area contributed by atoms with E-state index in [-0.39, 0.29) is 11.6 Å². The average Bonchev–Trinajstić information content (AvgIpc) is 2.95. The van der Waals surface area contributed by atoms with Crippen LogP contribution >= 0.6 is 0 Å². The standard InChI is InChI=1S/C18H15N3O2/c1-11(22)3-4-14-9-20-18-16(14)7-15(10-21-18)13-5-6-17(12(2)23)19-8-13/h3-10H,1-2H3,(H,20,21)/b4-3+. The van der Waals surface area contributed by atoms with E-state index in [9.17, 15) is 9.59 Å². The number of pyridine rings is 2. The first-order valence-corrected chi connectivity index (χ1v) is 7.18. The minimum atomic E-state index is -0.0626. The summed E-state index contributed by atoms with van der Waals surface area (Å²) in [6, 6.07) is 5.54. The molecule has 0 spiro atoms. The Kier molecular flexibility index (Phi) is 3.85. The number of allylic oxidation sites excluding steroid dienone is 1. The normalized spacial score (nSPS) is 11.2. The molecule has 0 amide bonds. The van der Waals surface area contributed by atoms with E-state index in [2.05, 4.69) is 15.0 Å². The smallest absolute Gasteiger partial charge is 0.178 e. The van der Waals surface area contributed by atoms with Crippen LogP contribution in [0.15, 0.2) is 42.9 Å². The fourth-order valence-electron chi connectivity index (χ4n) is 2.30. The number of hydrogen-bond acceptors (Lipinski definition) is 4. The zero-order valence-electron chi connectivity index (χ0n) is 12.8. The molecule has 3 heterocycles. The lowest BCUT2D eigenvalue weighted by Gasteiger charge is -2.02. The molecule has 0 aliphatic heterocycles. The Morgan fingerprint density at radius 3 is 2.52 bits per heavy atom. The van der Waals surface area contributed by atoms with Gasteiger partial charge in [0, 0.05) is 47.6 Å². The molecule has 0 saturated heterocycles. The summed E-state index contributed by atoms with van der Waals surface area (Å²) in [6.07, 6.45) is 8.53. The second-order valence-corrected chi connectivity index (χ2v) is 5.30. The van der Waals surface area contributed by atoms with Crippen molar-refractivity contribution in [2.45, 2.75) is 13.8 Å². The van der Waals surface area contributed by atoms with Crippen LogP contribution in [-0.2, 0) is 4.79 Å². The number of fused-ring (bicyclic) bond motifs is 1. The molecular weight excluding hydrogens is 290 g/mol. The lowest BCUT2D eigenvalue weighted by atomic mass is 10.1. The number of ketones is 2. The number of carbonyl (C=O) groups is 2. The van der Waals surface area contributed by atoms with Gasteiger partial charge in [0.1, 0.15) is 11.3 Å². The first kappa shape index (κ1) is 14.8. The highest BCUT2D eigenvalue weighted by Crippen LogP contribution is 2.25. The van der Waals surface area contributed by atoms with Crippen molar-refractivity contribution in [1.82, 2.24) is 15.0 Å². The highest BCUT2D eigenvalue weighted by molar-refractivity contribution is 5.96. The zero-order chi connectivity index (χ0) is 16.4. The number of hydrogen-bond donors (Lipinski definition) is 1. The van der Waals surface area contributed by atoms with E-state index in [4.69, 9.17) is 0 Å². The third kappa shape index (κ3) is 3.08. The number of rotatable bonds is 4. The van der Waals surface area contributed by atoms with E-state index >= 15 is 0 Å². The predicted molar refractivity (Wildman–Crippen MR) is 89.0 cm³/mol. The molecule has 0 aliphatic carbocycles. The summed E-state index contributed by atoms with van der Waals surface area (Å²) in [5.74, 6) is -0.0695. The Balaban J connectivity index is 2.03. The highest BCUT2D eigenvalue weighted by atomic mass is 16.1. The molecule has 0 aliphatic rings. The van der Waals surface area contributed by atoms with E-state index in [1.807, 2.05) is 18.3 Å². The Hall–Kier alpha value is -3.08. The third-order valence-corrected chi connectivity index (χ3v) is 3.52. The fourth-order valence-corrected chi connectivity index (χ4v) is 2.30. The fraction of sp³-hybridized carbons (Fsp3) is 0.111. The largest absolute Gasteiger partial charge is 0.346 e. The van der Waals surface area contributed by atoms with E-state index in [1.54, 1.807) is 24.5 Å². The van der Waals surface area contributed by atoms with Gasteiger partial charge in [0.25, 0.3) is 0 Å². The molecule has 0 bridgehead atoms. The van der Waals surface area contributed by atoms with Crippen molar-refractivity contribution in [1.29, 1.82) is 0 Å². The Morgan fingerprint density at radius 1 is 1.09 bits per heavy atom. The predicted octanol–water partition coefficient (Wildman–Crippen LogP) is 3.43. The molecule has 3 rings (SSSR count). The van der Waals surface area contributed by atoms with Crippen molar-refractivity contribution in [2.75, 3.05) is 0 Å². The highest BCUT2D eigenvalue weighted by Gasteiger charge is 2.07. The van der Waals surface area contributed by atoms with Crippen LogP contribution < -0.4 is 0 Å². The van der Waals surface area contributed by atoms with Gasteiger partial charge in [0.05, 0.1) is 0 Å². The quantitative estimate of drug-likeness (QED) is 0.592. The molecule has 5 heteroatoms. The van der Waals surface area contributed by atoms with Gasteiger partial charge in [0.2, 0.25) is 0 Å². The van der Waals surface area contributed by atoms with Crippen molar-refractivity contribution in [3.63, 3.8) is 0 Å². The summed E-state index contributed by atoms with van der Waals surface area (Å²) in [4.78, 5) is 34.0. The van der Waals surface area contributed by atoms with Crippen LogP contribution in [0.25, 0.3) is 28.2 Å². The van der Waals surface area contributed by atoms with Crippen molar-refractivity contribution >= 4 is 28.7 Å². The van der Waals surface area contributed by atoms with Gasteiger partial charge in [-0.3, -0.25) is 14.6 Å². The molecule has 3 aromatic heterocycles. The number of Topliss-reactive ketones (excluding diaryl/α,β-unsaturated/α-hetero) is 1. The molecule has 0 saturated carbocycles. The Morgan fingerprint density at radius 2 is 1.87 bits per heavy atom. The molecule has 0 radical (unpaired) electrons. The summed E-state index contributed by atoms with van der Waals surface area (Å²) in [6.45, 7) is 3.00. The topological polar surface area (TPSA) is 75.7 Å². The molecule has 23 heavy (non-hydrogen) atoms. The van der Waals surface area contributed by atoms with E-state index < -0.39 is 0 Å². The second kappa shape index (κ2) is 5.96. The first-order chi connectivity index (χ1) is 11.0. The van der Waals surface area contributed by atoms with Crippen molar-refractivity contribution in [2.24, 2.45) is 0 Å². The van der Waals surface area contributed by atoms with Crippen LogP contribution in [0.5, 0.6) is 0 Å². The van der Waals surface area contributed by atoms with Gasteiger partial charge in [-0.05, 0) is 31.2 Å². The molecule has 0 unspecified atom stereocenters. The third-order valence-electron chi connectivity index (χ3n) is 3.52. The van der Waals surface area contributed by atoms with E-state index in [0.717, 1.165) is 27.7 Å². The Bertz CT molecular complexity index is 921. The second-order valence-electron chi connectivity index (χ2n) is 5.30. The van der Waals surface area contributed by atoms with Crippen LogP contribution in [0.1, 0.15) is 29.9 Å². The molecular formula is C18H15N3O2. The maximum absolute atomic E-state index is 11.3. The molecule has 3 aromatic rings. The van der Waals surface area contributed by atoms with Gasteiger partial charge in [-0.2, -0.15) is 0 Å². The summed E-state index contributed by atoms with van der Waals surface area (Å²) in [5, 5.41) is 0.927. The van der Waals surface area contributed by atoms with Gasteiger partial charge in [-0.1, -0.05) is 6.07 Å². The van der Waals surface area contributed by atoms with Gasteiger partial charge >= 0.3 is 0 Å². The molecule has 5 nitrogen and oxygen atoms in total. The van der Waals surface area contributed by atoms with Gasteiger partial charge in [0.15, 0.2) is 11.6 Å². The van der Waals surface area contributed by atoms with Crippen LogP contribution in [-0.4, -0.2) is 26.5 Å². The van der Waals surface area contributed by atoms with Gasteiger partial charge < -0.3 is 4.98 Å². The summed E-state index contributed by atoms with van der Waals surface area (Å²) < 4.78 is 0. The molecule has 114 valence electrons. The van der Waals surface area contributed by atoms with Crippen molar-refractivity contribution in [3.8, 4) is 11.1 Å². The number of aromatic nitrogens is 3. The number of nitrogens with zero attached hydrogens (tertiary/aromatic N) is 2. The molecule has 1 N–H and O–H groups in total. The monoisotopic (exact) mass is 305 g/mol. The van der Waals surface area contributed by atoms with E-state index in [1.165, 1.54) is 19.9 Å². The Labute approximate surface area is 133 Å². The van der Waals surface area contributed by atoms with Gasteiger partial charge in [-0.15, -0.1) is 0 Å². The summed E-state index contributed by atoms with van der Waals surface area (Å²) in [5.41, 5.74) is 3.88. The maximum Gasteiger partial charge on any atom is 0.178 e. The molecule has 0 fully saturated rings. The number of nitrogens with one attached hydrogen (secondary N) is 1. The molecule has 0 aromatic carbocycles.